The fourth-order valence-corrected chi connectivity index (χ4v) is 4.58. The van der Waals surface area contributed by atoms with E-state index in [2.05, 4.69) is 9.88 Å². The van der Waals surface area contributed by atoms with Crippen LogP contribution in [0.5, 0.6) is 0 Å². The average Bonchev–Trinajstić information content (AvgIpc) is 3.06. The molecule has 0 aliphatic carbocycles. The van der Waals surface area contributed by atoms with Gasteiger partial charge in [0.05, 0.1) is 26.1 Å². The molecule has 3 rings (SSSR count). The molecule has 1 aromatic heterocycles. The summed E-state index contributed by atoms with van der Waals surface area (Å²) >= 11 is 0. The maximum Gasteiger partial charge on any atom is 0.490 e. The number of rotatable bonds is 5. The van der Waals surface area contributed by atoms with Gasteiger partial charge in [-0.1, -0.05) is 0 Å². The number of aromatic nitrogens is 2. The molecular formula is C15H23F3N4O6S. The largest absolute Gasteiger partial charge is 0.490 e. The summed E-state index contributed by atoms with van der Waals surface area (Å²) in [5, 5.41) is 7.24. The number of carboxylic acids is 1. The maximum atomic E-state index is 12.7. The number of halogens is 3. The highest BCUT2D eigenvalue weighted by Gasteiger charge is 2.42. The van der Waals surface area contributed by atoms with Crippen LogP contribution in [0.25, 0.3) is 0 Å². The van der Waals surface area contributed by atoms with Gasteiger partial charge in [0.2, 0.25) is 0 Å². The van der Waals surface area contributed by atoms with Gasteiger partial charge in [-0.3, -0.25) is 4.90 Å². The highest BCUT2D eigenvalue weighted by Crippen LogP contribution is 2.25. The number of carboxylic acid groups (broad SMARTS) is 1. The molecule has 2 unspecified atom stereocenters. The Labute approximate surface area is 165 Å². The first-order valence-corrected chi connectivity index (χ1v) is 10.0. The molecule has 2 bridgehead atoms. The minimum atomic E-state index is -5.08. The Bertz CT molecular complexity index is 786. The quantitative estimate of drug-likeness (QED) is 0.663. The SMILES string of the molecule is COCCN1C2COCC1CN(S(=O)(=O)c1cn(C)cn1)C2.O=C(O)C(F)(F)F. The minimum Gasteiger partial charge on any atom is -0.475 e. The highest BCUT2D eigenvalue weighted by atomic mass is 32.2. The van der Waals surface area contributed by atoms with E-state index < -0.39 is 22.2 Å². The number of aryl methyl sites for hydroxylation is 1. The van der Waals surface area contributed by atoms with E-state index in [0.717, 1.165) is 6.54 Å². The number of sulfonamides is 1. The van der Waals surface area contributed by atoms with Crippen LogP contribution in [0.3, 0.4) is 0 Å². The maximum absolute atomic E-state index is 12.7. The lowest BCUT2D eigenvalue weighted by Crippen LogP contribution is -2.65. The Hall–Kier alpha value is -1.74. The van der Waals surface area contributed by atoms with Crippen LogP contribution in [0.15, 0.2) is 17.6 Å². The summed E-state index contributed by atoms with van der Waals surface area (Å²) in [7, 11) is -0.103. The topological polar surface area (TPSA) is 114 Å². The average molecular weight is 444 g/mol. The molecule has 0 radical (unpaired) electrons. The molecular weight excluding hydrogens is 421 g/mol. The molecule has 1 aromatic rings. The zero-order valence-electron chi connectivity index (χ0n) is 15.9. The van der Waals surface area contributed by atoms with Gasteiger partial charge in [0, 0.05) is 52.1 Å². The van der Waals surface area contributed by atoms with Gasteiger partial charge in [-0.25, -0.2) is 18.2 Å². The first-order valence-electron chi connectivity index (χ1n) is 8.57. The molecule has 2 fully saturated rings. The smallest absolute Gasteiger partial charge is 0.475 e. The Morgan fingerprint density at radius 2 is 1.90 bits per heavy atom. The summed E-state index contributed by atoms with van der Waals surface area (Å²) in [6.45, 7) is 3.40. The number of fused-ring (bicyclic) bond motifs is 2. The lowest BCUT2D eigenvalue weighted by atomic mass is 10.1. The molecule has 2 aliphatic rings. The molecule has 29 heavy (non-hydrogen) atoms. The van der Waals surface area contributed by atoms with E-state index in [1.54, 1.807) is 24.9 Å². The van der Waals surface area contributed by atoms with Crippen LogP contribution in [-0.2, 0) is 31.3 Å². The third-order valence-corrected chi connectivity index (χ3v) is 6.19. The van der Waals surface area contributed by atoms with Crippen molar-refractivity contribution in [3.63, 3.8) is 0 Å². The van der Waals surface area contributed by atoms with Crippen molar-refractivity contribution in [3.05, 3.63) is 12.5 Å². The van der Waals surface area contributed by atoms with E-state index in [1.165, 1.54) is 10.6 Å². The molecule has 0 saturated carbocycles. The Kier molecular flexibility index (Phi) is 7.62. The first-order chi connectivity index (χ1) is 13.5. The van der Waals surface area contributed by atoms with Gasteiger partial charge in [-0.05, 0) is 0 Å². The molecule has 3 heterocycles. The first kappa shape index (κ1) is 23.5. The van der Waals surface area contributed by atoms with Crippen molar-refractivity contribution in [2.24, 2.45) is 7.05 Å². The summed E-state index contributed by atoms with van der Waals surface area (Å²) in [6.07, 6.45) is -2.04. The summed E-state index contributed by atoms with van der Waals surface area (Å²) in [4.78, 5) is 15.2. The molecule has 2 saturated heterocycles. The van der Waals surface area contributed by atoms with Gasteiger partial charge in [0.25, 0.3) is 10.0 Å². The highest BCUT2D eigenvalue weighted by molar-refractivity contribution is 7.89. The van der Waals surface area contributed by atoms with Crippen molar-refractivity contribution >= 4 is 16.0 Å². The van der Waals surface area contributed by atoms with Crippen molar-refractivity contribution in [1.29, 1.82) is 0 Å². The zero-order valence-corrected chi connectivity index (χ0v) is 16.7. The molecule has 10 nitrogen and oxygen atoms in total. The molecule has 0 spiro atoms. The predicted octanol–water partition coefficient (Wildman–Crippen LogP) is -0.226. The molecule has 14 heteroatoms. The number of hydrogen-bond donors (Lipinski definition) is 1. The fourth-order valence-electron chi connectivity index (χ4n) is 3.10. The molecule has 1 N–H and O–H groups in total. The number of nitrogens with zero attached hydrogens (tertiary/aromatic N) is 4. The van der Waals surface area contributed by atoms with Crippen LogP contribution in [0, 0.1) is 0 Å². The third-order valence-electron chi connectivity index (χ3n) is 4.47. The summed E-state index contributed by atoms with van der Waals surface area (Å²) < 4.78 is 71.1. The lowest BCUT2D eigenvalue weighted by Gasteiger charge is -2.48. The number of piperazine rings is 1. The number of carbonyl (C=O) groups is 1. The minimum absolute atomic E-state index is 0.0705. The van der Waals surface area contributed by atoms with Crippen LogP contribution in [0.2, 0.25) is 0 Å². The number of alkyl halides is 3. The second kappa shape index (κ2) is 9.38. The van der Waals surface area contributed by atoms with E-state index in [-0.39, 0.29) is 17.1 Å². The van der Waals surface area contributed by atoms with Gasteiger partial charge in [-0.15, -0.1) is 0 Å². The number of aliphatic carboxylic acids is 1. The van der Waals surface area contributed by atoms with Crippen molar-refractivity contribution in [3.8, 4) is 0 Å². The molecule has 2 atom stereocenters. The molecule has 2 aliphatic heterocycles. The van der Waals surface area contributed by atoms with Gasteiger partial charge in [-0.2, -0.15) is 17.5 Å². The Morgan fingerprint density at radius 3 is 2.31 bits per heavy atom. The van der Waals surface area contributed by atoms with Crippen molar-refractivity contribution in [1.82, 2.24) is 18.8 Å². The molecule has 0 aromatic carbocycles. The van der Waals surface area contributed by atoms with E-state index in [1.807, 2.05) is 0 Å². The normalized spacial score (nSPS) is 23.3. The predicted molar refractivity (Wildman–Crippen MR) is 92.6 cm³/mol. The lowest BCUT2D eigenvalue weighted by molar-refractivity contribution is -0.192. The number of hydrogen-bond acceptors (Lipinski definition) is 7. The van der Waals surface area contributed by atoms with Gasteiger partial charge >= 0.3 is 12.1 Å². The Morgan fingerprint density at radius 1 is 1.34 bits per heavy atom. The number of ether oxygens (including phenoxy) is 2. The van der Waals surface area contributed by atoms with E-state index in [9.17, 15) is 21.6 Å². The zero-order chi connectivity index (χ0) is 21.8. The number of methoxy groups -OCH3 is 1. The van der Waals surface area contributed by atoms with Crippen LogP contribution < -0.4 is 0 Å². The summed E-state index contributed by atoms with van der Waals surface area (Å²) in [5.41, 5.74) is 0. The van der Waals surface area contributed by atoms with Gasteiger partial charge < -0.3 is 19.1 Å². The van der Waals surface area contributed by atoms with Gasteiger partial charge in [0.1, 0.15) is 0 Å². The summed E-state index contributed by atoms with van der Waals surface area (Å²) in [5.74, 6) is -2.76. The molecule has 166 valence electrons. The third kappa shape index (κ3) is 5.88. The molecule has 0 amide bonds. The summed E-state index contributed by atoms with van der Waals surface area (Å²) in [6, 6.07) is 0.141. The second-order valence-electron chi connectivity index (χ2n) is 6.58. The number of morpholine rings is 1. The van der Waals surface area contributed by atoms with Crippen LogP contribution in [0.4, 0.5) is 13.2 Å². The van der Waals surface area contributed by atoms with Crippen LogP contribution in [0.1, 0.15) is 0 Å². The fraction of sp³-hybridized carbons (Fsp3) is 0.733. The van der Waals surface area contributed by atoms with Crippen molar-refractivity contribution < 1.29 is 41.0 Å². The van der Waals surface area contributed by atoms with E-state index in [0.29, 0.717) is 32.9 Å². The van der Waals surface area contributed by atoms with Gasteiger partial charge in [0.15, 0.2) is 5.03 Å². The van der Waals surface area contributed by atoms with Crippen LogP contribution in [-0.4, -0.2) is 103 Å². The Balaban J connectivity index is 0.000000370. The van der Waals surface area contributed by atoms with Crippen molar-refractivity contribution in [2.45, 2.75) is 23.3 Å². The van der Waals surface area contributed by atoms with E-state index >= 15 is 0 Å². The monoisotopic (exact) mass is 444 g/mol. The van der Waals surface area contributed by atoms with Crippen molar-refractivity contribution in [2.75, 3.05) is 46.6 Å². The van der Waals surface area contributed by atoms with Crippen LogP contribution >= 0.6 is 0 Å². The van der Waals surface area contributed by atoms with E-state index in [4.69, 9.17) is 19.4 Å². The standard InChI is InChI=1S/C13H22N4O4S.C2HF3O2/c1-15-7-13(14-10-15)22(18,19)16-5-11-8-21-9-12(6-16)17(11)3-4-20-2;3-2(4,5)1(6)7/h7,10-12H,3-6,8-9H2,1-2H3;(H,6,7). The second-order valence-corrected chi connectivity index (χ2v) is 8.46. The number of imidazole rings is 1.